The van der Waals surface area contributed by atoms with Gasteiger partial charge >= 0.3 is 23.0 Å². The van der Waals surface area contributed by atoms with Gasteiger partial charge in [0.2, 0.25) is 17.8 Å². The summed E-state index contributed by atoms with van der Waals surface area (Å²) in [5.41, 5.74) is 6.36. The zero-order chi connectivity index (χ0) is 59.9. The van der Waals surface area contributed by atoms with Gasteiger partial charge in [0.15, 0.2) is 29.1 Å². The van der Waals surface area contributed by atoms with Crippen molar-refractivity contribution in [1.29, 1.82) is 0 Å². The van der Waals surface area contributed by atoms with Gasteiger partial charge in [-0.15, -0.1) is 0 Å². The molecule has 1 aliphatic rings. The van der Waals surface area contributed by atoms with Crippen molar-refractivity contribution >= 4 is 57.8 Å². The molecule has 6 atom stereocenters. The number of rotatable bonds is 53. The van der Waals surface area contributed by atoms with Crippen LogP contribution in [0.25, 0.3) is 11.2 Å². The van der Waals surface area contributed by atoms with Gasteiger partial charge in [-0.05, 0) is 25.7 Å². The Hall–Kier alpha value is -2.58. The first-order valence-corrected chi connectivity index (χ1v) is 36.8. The topological polar surface area (TPSA) is 331 Å². The maximum atomic E-state index is 13.6. The number of aliphatic hydroxyl groups is 2. The fraction of sp³-hybridized carbons (Fsp3) is 0.877. The van der Waals surface area contributed by atoms with E-state index in [1.54, 1.807) is 0 Å². The number of nitrogens with two attached hydrogens (primary N) is 1. The summed E-state index contributed by atoms with van der Waals surface area (Å²) in [5, 5.41) is 28.0. The smallest absolute Gasteiger partial charge is 0.387 e. The average molecular weight is 1220 g/mol. The summed E-state index contributed by atoms with van der Waals surface area (Å²) in [7, 11) is -15.9. The number of hydrogen-bond donors (Lipinski definition) is 9. The van der Waals surface area contributed by atoms with Gasteiger partial charge in [-0.25, -0.2) is 23.8 Å². The highest BCUT2D eigenvalue weighted by Crippen LogP contribution is 2.65. The number of fused-ring (bicyclic) bond motifs is 1. The number of hydrogen-bond acceptors (Lipinski definition) is 15. The summed E-state index contributed by atoms with van der Waals surface area (Å²) >= 11 is 0. The molecule has 3 rings (SSSR count). The molecule has 0 spiro atoms. The maximum absolute atomic E-state index is 13.6. The third-order valence-electron chi connectivity index (χ3n) is 15.3. The number of phosphoric acid groups is 1. The number of ether oxygens (including phenoxy) is 1. The minimum absolute atomic E-state index is 0.0155. The fourth-order valence-corrected chi connectivity index (χ4v) is 14.9. The first-order chi connectivity index (χ1) is 39.4. The van der Waals surface area contributed by atoms with E-state index in [-0.39, 0.29) is 47.6 Å². The lowest BCUT2D eigenvalue weighted by molar-refractivity contribution is -0.133. The van der Waals surface area contributed by atoms with Crippen LogP contribution in [0.15, 0.2) is 6.33 Å². The highest BCUT2D eigenvalue weighted by atomic mass is 31.3. The Morgan fingerprint density at radius 3 is 1.52 bits per heavy atom. The molecule has 1 saturated heterocycles. The predicted octanol–water partition coefficient (Wildman–Crippen LogP) is 12.7. The molecule has 22 nitrogen and oxygen atoms in total. The summed E-state index contributed by atoms with van der Waals surface area (Å²) in [6, 6.07) is 0. The Bertz CT molecular complexity index is 2140. The molecular weight excluding hydrogens is 1110 g/mol. The van der Waals surface area contributed by atoms with Crippen molar-refractivity contribution in [3.05, 3.63) is 6.33 Å². The van der Waals surface area contributed by atoms with Gasteiger partial charge in [0.05, 0.1) is 6.61 Å². The Labute approximate surface area is 490 Å². The molecule has 2 aromatic heterocycles. The molecule has 0 aliphatic carbocycles. The monoisotopic (exact) mass is 1220 g/mol. The Morgan fingerprint density at radius 2 is 1.06 bits per heavy atom. The largest absolute Gasteiger partial charge is 0.479 e. The van der Waals surface area contributed by atoms with Crippen LogP contribution in [0, 0.1) is 0 Å². The quantitative estimate of drug-likeness (QED) is 0.0219. The van der Waals surface area contributed by atoms with E-state index in [1.165, 1.54) is 191 Å². The van der Waals surface area contributed by atoms with Crippen LogP contribution >= 0.6 is 23.0 Å². The number of carbonyl (C=O) groups excluding carboxylic acids is 2. The van der Waals surface area contributed by atoms with E-state index in [0.717, 1.165) is 58.0 Å². The van der Waals surface area contributed by atoms with Crippen LogP contribution in [-0.2, 0) is 36.9 Å². The second kappa shape index (κ2) is 43.1. The molecular formula is C57H109N8O14P3. The van der Waals surface area contributed by atoms with Crippen LogP contribution in [0.5, 0.6) is 0 Å². The number of aromatic nitrogens is 4. The third-order valence-corrected chi connectivity index (χ3v) is 20.5. The first kappa shape index (κ1) is 73.7. The Morgan fingerprint density at radius 1 is 0.622 bits per heavy atom. The third kappa shape index (κ3) is 32.8. The zero-order valence-electron chi connectivity index (χ0n) is 50.1. The summed E-state index contributed by atoms with van der Waals surface area (Å²) < 4.78 is 51.6. The normalized spacial score (nSPS) is 18.0. The molecule has 2 amide bonds. The van der Waals surface area contributed by atoms with Gasteiger partial charge in [0.1, 0.15) is 24.6 Å². The first-order valence-electron chi connectivity index (χ1n) is 31.7. The van der Waals surface area contributed by atoms with Crippen LogP contribution in [0.1, 0.15) is 264 Å². The number of imidazole rings is 1. The van der Waals surface area contributed by atoms with E-state index in [9.17, 15) is 43.3 Å². The van der Waals surface area contributed by atoms with Gasteiger partial charge in [0.25, 0.3) is 0 Å². The molecule has 25 heteroatoms. The van der Waals surface area contributed by atoms with E-state index in [1.807, 2.05) is 4.90 Å². The van der Waals surface area contributed by atoms with Crippen molar-refractivity contribution in [3.63, 3.8) is 0 Å². The molecule has 82 heavy (non-hydrogen) atoms. The molecule has 0 aromatic carbocycles. The van der Waals surface area contributed by atoms with E-state index < -0.39 is 60.1 Å². The van der Waals surface area contributed by atoms with Crippen molar-refractivity contribution in [2.45, 2.75) is 282 Å². The number of unbranched alkanes of at least 4 members (excludes halogenated alkanes) is 33. The van der Waals surface area contributed by atoms with Gasteiger partial charge in [0, 0.05) is 39.0 Å². The van der Waals surface area contributed by atoms with Crippen LogP contribution in [0.3, 0.4) is 0 Å². The number of aliphatic hydroxyl groups excluding tert-OH is 2. The standard InChI is InChI=1S/C57H109N8O14P3/c1-3-5-7-9-11-13-15-17-19-21-23-25-27-29-33-37-43-64(44-38-34-30-28-26-24-22-20-18-16-14-12-10-8-6-4-2)50(67)40-39-49(66)59-41-35-31-32-36-42-60-57-63-51-54(58)61-46-62-55(51)65(57)56-53(69)52(68)48(78-56)45-77-82(75,76)79-81(73,74)47-80(70,71)72/h46,48,52-53,56,68-69H,3-45,47H2,1-2H3,(H,59,66)(H,60,63)(H,73,74)(H,75,76)(H2,58,61,62)(H2,70,71,72)/t48-,52-,53-,56-/m1/s1. The molecule has 0 radical (unpaired) electrons. The van der Waals surface area contributed by atoms with E-state index in [2.05, 4.69) is 43.7 Å². The fourth-order valence-electron chi connectivity index (χ4n) is 10.5. The minimum Gasteiger partial charge on any atom is -0.387 e. The minimum atomic E-state index is -5.44. The second-order valence-electron chi connectivity index (χ2n) is 22.8. The van der Waals surface area contributed by atoms with Gasteiger partial charge in [-0.3, -0.25) is 27.8 Å². The Kier molecular flexibility index (Phi) is 38.7. The van der Waals surface area contributed by atoms with Gasteiger partial charge in [-0.1, -0.05) is 219 Å². The second-order valence-corrected chi connectivity index (χ2v) is 28.3. The number of carbonyl (C=O) groups is 2. The van der Waals surface area contributed by atoms with Gasteiger partial charge < -0.3 is 55.8 Å². The lowest BCUT2D eigenvalue weighted by atomic mass is 10.0. The molecule has 2 unspecified atom stereocenters. The van der Waals surface area contributed by atoms with Crippen molar-refractivity contribution in [2.75, 3.05) is 49.7 Å². The van der Waals surface area contributed by atoms with Crippen molar-refractivity contribution in [1.82, 2.24) is 29.7 Å². The van der Waals surface area contributed by atoms with Crippen molar-refractivity contribution in [2.24, 2.45) is 0 Å². The van der Waals surface area contributed by atoms with Crippen LogP contribution in [0.2, 0.25) is 0 Å². The van der Waals surface area contributed by atoms with E-state index in [0.29, 0.717) is 19.5 Å². The molecule has 3 heterocycles. The predicted molar refractivity (Wildman–Crippen MR) is 324 cm³/mol. The highest BCUT2D eigenvalue weighted by molar-refractivity contribution is 7.73. The molecule has 1 aliphatic heterocycles. The molecule has 0 bridgehead atoms. The van der Waals surface area contributed by atoms with Gasteiger partial charge in [-0.2, -0.15) is 0 Å². The zero-order valence-corrected chi connectivity index (χ0v) is 52.8. The summed E-state index contributed by atoms with van der Waals surface area (Å²) in [6.45, 7) is 5.95. The molecule has 476 valence electrons. The van der Waals surface area contributed by atoms with Crippen LogP contribution < -0.4 is 16.4 Å². The SMILES string of the molecule is CCCCCCCCCCCCCCCCCCN(CCCCCCCCCCCCCCCCCC)C(=O)CCC(=O)NCCCCCCNc1nc2c(N)ncnc2n1[C@@H]1O[C@H](COP(=O)(O)OP(=O)(O)CP(=O)(O)O)[C@@H](O)[C@H]1O. The van der Waals surface area contributed by atoms with Crippen LogP contribution in [-0.4, -0.2) is 123 Å². The van der Waals surface area contributed by atoms with Crippen LogP contribution in [0.4, 0.5) is 11.8 Å². The molecule has 2 aromatic rings. The lowest BCUT2D eigenvalue weighted by Crippen LogP contribution is -2.34. The number of nitrogen functional groups attached to an aromatic ring is 1. The molecule has 10 N–H and O–H groups in total. The average Bonchev–Trinajstić information content (AvgIpc) is 3.99. The lowest BCUT2D eigenvalue weighted by Gasteiger charge is -2.23. The summed E-state index contributed by atoms with van der Waals surface area (Å²) in [4.78, 5) is 78.9. The number of phosphoric ester groups is 1. The molecule has 0 saturated carbocycles. The Balaban J connectivity index is 1.37. The summed E-state index contributed by atoms with van der Waals surface area (Å²) in [5.74, 6) is -1.66. The molecule has 1 fully saturated rings. The number of nitrogens with one attached hydrogen (secondary N) is 2. The van der Waals surface area contributed by atoms with Crippen molar-refractivity contribution < 1.29 is 66.6 Å². The van der Waals surface area contributed by atoms with E-state index in [4.69, 9.17) is 24.8 Å². The van der Waals surface area contributed by atoms with E-state index >= 15 is 0 Å². The number of amides is 2. The van der Waals surface area contributed by atoms with Crippen molar-refractivity contribution in [3.8, 4) is 0 Å². The maximum Gasteiger partial charge on any atom is 0.479 e. The highest BCUT2D eigenvalue weighted by Gasteiger charge is 2.47. The summed E-state index contributed by atoms with van der Waals surface area (Å²) in [6.07, 6.45) is 39.9. The number of anilines is 2. The number of nitrogens with zero attached hydrogens (tertiary/aromatic N) is 5.